The predicted octanol–water partition coefficient (Wildman–Crippen LogP) is 4.49. The highest BCUT2D eigenvalue weighted by molar-refractivity contribution is 7.04. The fourth-order valence-electron chi connectivity index (χ4n) is 5.24. The molecule has 2 nitrogen and oxygen atoms in total. The molecule has 0 spiro atoms. The molecule has 3 heteroatoms. The normalized spacial score (nSPS) is 17.3. The van der Waals surface area contributed by atoms with E-state index < -0.39 is 8.07 Å². The molecule has 2 heterocycles. The molecule has 0 saturated carbocycles. The largest absolute Gasteiger partial charge is 0.371 e. The second-order valence-corrected chi connectivity index (χ2v) is 14.2. The van der Waals surface area contributed by atoms with Crippen molar-refractivity contribution in [3.05, 3.63) is 48.5 Å². The first-order valence-corrected chi connectivity index (χ1v) is 12.9. The smallest absolute Gasteiger partial charge is 0.123 e. The van der Waals surface area contributed by atoms with Gasteiger partial charge in [-0.15, -0.1) is 0 Å². The van der Waals surface area contributed by atoms with E-state index in [1.807, 2.05) is 0 Å². The Morgan fingerprint density at radius 1 is 0.667 bits per heavy atom. The summed E-state index contributed by atoms with van der Waals surface area (Å²) < 4.78 is 0. The first-order chi connectivity index (χ1) is 13.0. The van der Waals surface area contributed by atoms with E-state index in [9.17, 15) is 0 Å². The lowest BCUT2D eigenvalue weighted by Gasteiger charge is -2.42. The van der Waals surface area contributed by atoms with Crippen LogP contribution in [0.5, 0.6) is 0 Å². The van der Waals surface area contributed by atoms with Gasteiger partial charge in [0.1, 0.15) is 8.07 Å². The van der Waals surface area contributed by atoms with Crippen molar-refractivity contribution in [1.82, 2.24) is 0 Å². The summed E-state index contributed by atoms with van der Waals surface area (Å²) in [5, 5.41) is 3.22. The fourth-order valence-corrected chi connectivity index (χ4v) is 11.1. The van der Waals surface area contributed by atoms with Crippen molar-refractivity contribution in [3.8, 4) is 0 Å². The average Bonchev–Trinajstić information content (AvgIpc) is 2.52. The third-order valence-electron chi connectivity index (χ3n) is 6.91. The van der Waals surface area contributed by atoms with E-state index in [4.69, 9.17) is 0 Å². The molecular weight excluding hydrogens is 344 g/mol. The van der Waals surface area contributed by atoms with Crippen molar-refractivity contribution in [2.75, 3.05) is 36.0 Å². The van der Waals surface area contributed by atoms with Crippen molar-refractivity contribution >= 4 is 29.8 Å². The van der Waals surface area contributed by atoms with E-state index in [2.05, 4.69) is 86.0 Å². The molecule has 0 aromatic heterocycles. The SMILES string of the molecule is CC(C)[Si](c1cccc(N2CCC2)c1)(c1cccc(N2CCC2)c1)C(C)C. The van der Waals surface area contributed by atoms with Crippen LogP contribution in [0.1, 0.15) is 40.5 Å². The Morgan fingerprint density at radius 3 is 1.37 bits per heavy atom. The number of hydrogen-bond donors (Lipinski definition) is 0. The lowest BCUT2D eigenvalue weighted by Crippen LogP contribution is -2.63. The van der Waals surface area contributed by atoms with Crippen LogP contribution in [-0.4, -0.2) is 34.3 Å². The molecule has 2 aromatic rings. The van der Waals surface area contributed by atoms with Crippen molar-refractivity contribution < 1.29 is 0 Å². The van der Waals surface area contributed by atoms with Crippen LogP contribution >= 0.6 is 0 Å². The molecule has 2 aliphatic heterocycles. The van der Waals surface area contributed by atoms with Crippen molar-refractivity contribution in [3.63, 3.8) is 0 Å². The van der Waals surface area contributed by atoms with Gasteiger partial charge in [0.2, 0.25) is 0 Å². The summed E-state index contributed by atoms with van der Waals surface area (Å²) in [7, 11) is -1.89. The molecular formula is C24H34N2Si. The topological polar surface area (TPSA) is 6.48 Å². The molecule has 0 N–H and O–H groups in total. The van der Waals surface area contributed by atoms with Crippen LogP contribution in [0.15, 0.2) is 48.5 Å². The molecule has 0 bridgehead atoms. The van der Waals surface area contributed by atoms with Crippen LogP contribution in [0.3, 0.4) is 0 Å². The summed E-state index contributed by atoms with van der Waals surface area (Å²) in [6.07, 6.45) is 2.66. The lowest BCUT2D eigenvalue weighted by molar-refractivity contribution is 0.618. The molecule has 0 atom stereocenters. The van der Waals surface area contributed by atoms with E-state index >= 15 is 0 Å². The van der Waals surface area contributed by atoms with E-state index in [0.717, 1.165) is 0 Å². The zero-order valence-corrected chi connectivity index (χ0v) is 18.4. The highest BCUT2D eigenvalue weighted by Crippen LogP contribution is 2.34. The van der Waals surface area contributed by atoms with Gasteiger partial charge in [-0.2, -0.15) is 0 Å². The molecule has 2 fully saturated rings. The number of hydrogen-bond acceptors (Lipinski definition) is 2. The summed E-state index contributed by atoms with van der Waals surface area (Å²) >= 11 is 0. The van der Waals surface area contributed by atoms with Gasteiger partial charge in [0, 0.05) is 37.6 Å². The van der Waals surface area contributed by atoms with Crippen LogP contribution in [0.2, 0.25) is 11.1 Å². The number of anilines is 2. The zero-order chi connectivity index (χ0) is 19.0. The second kappa shape index (κ2) is 7.35. The summed E-state index contributed by atoms with van der Waals surface area (Å²) in [6, 6.07) is 19.1. The molecule has 2 aliphatic rings. The molecule has 2 saturated heterocycles. The highest BCUT2D eigenvalue weighted by Gasteiger charge is 2.44. The molecule has 0 amide bonds. The van der Waals surface area contributed by atoms with Gasteiger partial charge in [-0.3, -0.25) is 0 Å². The van der Waals surface area contributed by atoms with E-state index in [1.54, 1.807) is 10.4 Å². The zero-order valence-electron chi connectivity index (χ0n) is 17.4. The van der Waals surface area contributed by atoms with E-state index in [1.165, 1.54) is 50.4 Å². The Balaban J connectivity index is 1.83. The molecule has 27 heavy (non-hydrogen) atoms. The summed E-state index contributed by atoms with van der Waals surface area (Å²) in [5.74, 6) is 0. The van der Waals surface area contributed by atoms with Gasteiger partial charge in [-0.05, 0) is 48.2 Å². The summed E-state index contributed by atoms with van der Waals surface area (Å²) in [5.41, 5.74) is 4.18. The summed E-state index contributed by atoms with van der Waals surface area (Å²) in [4.78, 5) is 5.06. The molecule has 144 valence electrons. The Bertz CT molecular complexity index is 723. The van der Waals surface area contributed by atoms with Crippen LogP contribution in [0.25, 0.3) is 0 Å². The van der Waals surface area contributed by atoms with Gasteiger partial charge < -0.3 is 9.80 Å². The molecule has 0 unspecified atom stereocenters. The Kier molecular flexibility index (Phi) is 5.07. The van der Waals surface area contributed by atoms with Crippen molar-refractivity contribution in [1.29, 1.82) is 0 Å². The maximum Gasteiger partial charge on any atom is 0.123 e. The maximum atomic E-state index is 2.53. The first kappa shape index (κ1) is 18.6. The minimum absolute atomic E-state index is 0.663. The van der Waals surface area contributed by atoms with Crippen molar-refractivity contribution in [2.45, 2.75) is 51.6 Å². The Hall–Kier alpha value is -1.74. The molecule has 2 aromatic carbocycles. The van der Waals surface area contributed by atoms with Gasteiger partial charge in [-0.25, -0.2) is 0 Å². The summed E-state index contributed by atoms with van der Waals surface area (Å²) in [6.45, 7) is 14.7. The molecule has 0 aliphatic carbocycles. The minimum Gasteiger partial charge on any atom is -0.371 e. The highest BCUT2D eigenvalue weighted by atomic mass is 28.3. The quantitative estimate of drug-likeness (QED) is 0.683. The van der Waals surface area contributed by atoms with Gasteiger partial charge in [0.05, 0.1) is 0 Å². The molecule has 0 radical (unpaired) electrons. The number of benzene rings is 2. The molecule has 4 rings (SSSR count). The van der Waals surface area contributed by atoms with Gasteiger partial charge in [0.15, 0.2) is 0 Å². The van der Waals surface area contributed by atoms with E-state index in [-0.39, 0.29) is 0 Å². The fraction of sp³-hybridized carbons (Fsp3) is 0.500. The first-order valence-electron chi connectivity index (χ1n) is 10.7. The van der Waals surface area contributed by atoms with Gasteiger partial charge in [-0.1, -0.05) is 62.3 Å². The maximum absolute atomic E-state index is 2.53. The standard InChI is InChI=1S/C24H34N2Si/c1-19(2)27(20(3)4,23-11-5-9-21(17-23)25-13-7-14-25)24-12-6-10-22(18-24)26-15-8-16-26/h5-6,9-12,17-20H,7-8,13-16H2,1-4H3. The van der Waals surface area contributed by atoms with Crippen LogP contribution < -0.4 is 20.2 Å². The average molecular weight is 379 g/mol. The monoisotopic (exact) mass is 378 g/mol. The van der Waals surface area contributed by atoms with Gasteiger partial charge in [0.25, 0.3) is 0 Å². The third-order valence-corrected chi connectivity index (χ3v) is 13.1. The Morgan fingerprint density at radius 2 is 1.07 bits per heavy atom. The van der Waals surface area contributed by atoms with Gasteiger partial charge >= 0.3 is 0 Å². The number of nitrogens with zero attached hydrogens (tertiary/aromatic N) is 2. The third kappa shape index (κ3) is 3.10. The second-order valence-electron chi connectivity index (χ2n) is 8.96. The van der Waals surface area contributed by atoms with Crippen LogP contribution in [-0.2, 0) is 0 Å². The number of rotatable bonds is 6. The van der Waals surface area contributed by atoms with E-state index in [0.29, 0.717) is 11.1 Å². The lowest BCUT2D eigenvalue weighted by atomic mass is 10.2. The predicted molar refractivity (Wildman–Crippen MR) is 122 cm³/mol. The van der Waals surface area contributed by atoms with Crippen molar-refractivity contribution in [2.24, 2.45) is 0 Å². The minimum atomic E-state index is -1.89. The Labute approximate surface area is 166 Å². The van der Waals surface area contributed by atoms with Crippen LogP contribution in [0, 0.1) is 0 Å². The van der Waals surface area contributed by atoms with Crippen LogP contribution in [0.4, 0.5) is 11.4 Å².